The molecule has 3 heteroatoms. The van der Waals surface area contributed by atoms with E-state index in [0.717, 1.165) is 18.6 Å². The predicted octanol–water partition coefficient (Wildman–Crippen LogP) is 1.86. The summed E-state index contributed by atoms with van der Waals surface area (Å²) < 4.78 is 5.15. The molecular weight excluding hydrogens is 156 g/mol. The van der Waals surface area contributed by atoms with Crippen molar-refractivity contribution in [1.29, 1.82) is 0 Å². The molecule has 0 spiro atoms. The zero-order valence-corrected chi connectivity index (χ0v) is 6.56. The molecule has 1 aliphatic rings. The molecule has 0 saturated heterocycles. The molecule has 64 valence electrons. The van der Waals surface area contributed by atoms with E-state index in [1.807, 2.05) is 6.07 Å². The molecule has 0 aliphatic heterocycles. The third-order valence-corrected chi connectivity index (χ3v) is 2.50. The van der Waals surface area contributed by atoms with Gasteiger partial charge in [-0.2, -0.15) is 0 Å². The first-order chi connectivity index (χ1) is 5.79. The first-order valence-electron chi connectivity index (χ1n) is 4.05. The molecule has 1 aromatic rings. The van der Waals surface area contributed by atoms with Crippen molar-refractivity contribution in [2.45, 2.75) is 18.8 Å². The van der Waals surface area contributed by atoms with Crippen molar-refractivity contribution in [3.63, 3.8) is 0 Å². The summed E-state index contributed by atoms with van der Waals surface area (Å²) in [7, 11) is 0. The van der Waals surface area contributed by atoms with Gasteiger partial charge in [-0.3, -0.25) is 4.79 Å². The first-order valence-corrected chi connectivity index (χ1v) is 4.05. The van der Waals surface area contributed by atoms with Crippen molar-refractivity contribution < 1.29 is 14.3 Å². The molecule has 2 atom stereocenters. The molecule has 0 aromatic carbocycles. The first kappa shape index (κ1) is 7.40. The quantitative estimate of drug-likeness (QED) is 0.729. The number of hydrogen-bond acceptors (Lipinski definition) is 2. The van der Waals surface area contributed by atoms with Crippen molar-refractivity contribution in [1.82, 2.24) is 0 Å². The Balaban J connectivity index is 2.12. The highest BCUT2D eigenvalue weighted by Crippen LogP contribution is 2.42. The predicted molar refractivity (Wildman–Crippen MR) is 41.8 cm³/mol. The summed E-state index contributed by atoms with van der Waals surface area (Å²) in [6.45, 7) is 0. The third kappa shape index (κ3) is 1.02. The van der Waals surface area contributed by atoms with Crippen LogP contribution in [-0.4, -0.2) is 11.1 Å². The van der Waals surface area contributed by atoms with Gasteiger partial charge >= 0.3 is 5.97 Å². The molecular formula is C9H10O3. The summed E-state index contributed by atoms with van der Waals surface area (Å²) in [5, 5.41) is 8.76. The lowest BCUT2D eigenvalue weighted by Gasteiger charge is -2.31. The van der Waals surface area contributed by atoms with Crippen LogP contribution >= 0.6 is 0 Å². The molecule has 3 nitrogen and oxygen atoms in total. The van der Waals surface area contributed by atoms with Gasteiger partial charge < -0.3 is 9.52 Å². The van der Waals surface area contributed by atoms with Crippen LogP contribution < -0.4 is 0 Å². The van der Waals surface area contributed by atoms with Gasteiger partial charge in [0, 0.05) is 5.92 Å². The van der Waals surface area contributed by atoms with Crippen molar-refractivity contribution >= 4 is 5.97 Å². The second kappa shape index (κ2) is 2.66. The molecule has 1 N–H and O–H groups in total. The Kier molecular flexibility index (Phi) is 1.64. The molecule has 1 saturated carbocycles. The topological polar surface area (TPSA) is 50.4 Å². The van der Waals surface area contributed by atoms with Crippen molar-refractivity contribution in [3.05, 3.63) is 24.2 Å². The van der Waals surface area contributed by atoms with Gasteiger partial charge in [0.25, 0.3) is 0 Å². The van der Waals surface area contributed by atoms with Crippen LogP contribution in [-0.2, 0) is 4.79 Å². The largest absolute Gasteiger partial charge is 0.481 e. The second-order valence-corrected chi connectivity index (χ2v) is 3.14. The minimum atomic E-state index is -0.706. The average Bonchev–Trinajstić information content (AvgIpc) is 2.35. The maximum absolute atomic E-state index is 10.6. The van der Waals surface area contributed by atoms with E-state index in [0.29, 0.717) is 0 Å². The summed E-state index contributed by atoms with van der Waals surface area (Å²) in [5.74, 6) is -0.00931. The highest BCUT2D eigenvalue weighted by molar-refractivity contribution is 5.72. The fraction of sp³-hybridized carbons (Fsp3) is 0.444. The minimum Gasteiger partial charge on any atom is -0.481 e. The van der Waals surface area contributed by atoms with Gasteiger partial charge in [-0.05, 0) is 25.0 Å². The van der Waals surface area contributed by atoms with Gasteiger partial charge in [0.2, 0.25) is 0 Å². The summed E-state index contributed by atoms with van der Waals surface area (Å²) in [6.07, 6.45) is 3.30. The van der Waals surface area contributed by atoms with Crippen LogP contribution in [0, 0.1) is 5.92 Å². The summed E-state index contributed by atoms with van der Waals surface area (Å²) in [6, 6.07) is 3.65. The van der Waals surface area contributed by atoms with Crippen molar-refractivity contribution in [2.24, 2.45) is 5.92 Å². The molecule has 0 amide bonds. The van der Waals surface area contributed by atoms with Crippen LogP contribution in [0.3, 0.4) is 0 Å². The monoisotopic (exact) mass is 166 g/mol. The van der Waals surface area contributed by atoms with Gasteiger partial charge in [-0.15, -0.1) is 0 Å². The zero-order valence-electron chi connectivity index (χ0n) is 6.56. The van der Waals surface area contributed by atoms with Crippen LogP contribution in [0.5, 0.6) is 0 Å². The van der Waals surface area contributed by atoms with E-state index in [4.69, 9.17) is 9.52 Å². The van der Waals surface area contributed by atoms with Gasteiger partial charge in [0.15, 0.2) is 0 Å². The zero-order chi connectivity index (χ0) is 8.55. The van der Waals surface area contributed by atoms with Crippen LogP contribution in [0.15, 0.2) is 22.8 Å². The van der Waals surface area contributed by atoms with E-state index in [-0.39, 0.29) is 11.8 Å². The molecule has 1 aliphatic carbocycles. The van der Waals surface area contributed by atoms with E-state index in [1.54, 1.807) is 12.3 Å². The maximum Gasteiger partial charge on any atom is 0.307 e. The molecule has 1 heterocycles. The van der Waals surface area contributed by atoms with E-state index in [9.17, 15) is 4.79 Å². The van der Waals surface area contributed by atoms with E-state index in [2.05, 4.69) is 0 Å². The smallest absolute Gasteiger partial charge is 0.307 e. The Morgan fingerprint density at radius 2 is 2.42 bits per heavy atom. The summed E-state index contributed by atoms with van der Waals surface area (Å²) in [5.41, 5.74) is 0. The minimum absolute atomic E-state index is 0.109. The van der Waals surface area contributed by atoms with E-state index >= 15 is 0 Å². The summed E-state index contributed by atoms with van der Waals surface area (Å²) in [4.78, 5) is 10.6. The maximum atomic E-state index is 10.6. The Labute approximate surface area is 70.0 Å². The van der Waals surface area contributed by atoms with E-state index < -0.39 is 5.97 Å². The number of carbonyl (C=O) groups is 1. The number of aliphatic carboxylic acids is 1. The Morgan fingerprint density at radius 3 is 2.83 bits per heavy atom. The molecule has 0 bridgehead atoms. The lowest BCUT2D eigenvalue weighted by atomic mass is 9.72. The molecule has 2 rings (SSSR count). The third-order valence-electron chi connectivity index (χ3n) is 2.50. The molecule has 0 radical (unpaired) electrons. The number of carboxylic acid groups (broad SMARTS) is 1. The van der Waals surface area contributed by atoms with Crippen LogP contribution in [0.2, 0.25) is 0 Å². The molecule has 2 unspecified atom stereocenters. The highest BCUT2D eigenvalue weighted by atomic mass is 16.4. The molecule has 1 aromatic heterocycles. The lowest BCUT2D eigenvalue weighted by Crippen LogP contribution is -2.30. The Morgan fingerprint density at radius 1 is 1.58 bits per heavy atom. The Bertz CT molecular complexity index is 276. The van der Waals surface area contributed by atoms with Crippen LogP contribution in [0.4, 0.5) is 0 Å². The van der Waals surface area contributed by atoms with Gasteiger partial charge in [0.1, 0.15) is 5.76 Å². The average molecular weight is 166 g/mol. The van der Waals surface area contributed by atoms with Crippen LogP contribution in [0.25, 0.3) is 0 Å². The fourth-order valence-corrected chi connectivity index (χ4v) is 1.64. The standard InChI is InChI=1S/C9H10O3/c10-9(11)7-4-3-6(7)8-2-1-5-12-8/h1-2,5-7H,3-4H2,(H,10,11). The Hall–Kier alpha value is -1.25. The van der Waals surface area contributed by atoms with Crippen LogP contribution in [0.1, 0.15) is 24.5 Å². The van der Waals surface area contributed by atoms with Crippen molar-refractivity contribution in [3.8, 4) is 0 Å². The second-order valence-electron chi connectivity index (χ2n) is 3.14. The van der Waals surface area contributed by atoms with Gasteiger partial charge in [0.05, 0.1) is 12.2 Å². The van der Waals surface area contributed by atoms with Crippen molar-refractivity contribution in [2.75, 3.05) is 0 Å². The highest BCUT2D eigenvalue weighted by Gasteiger charge is 2.39. The number of rotatable bonds is 2. The normalized spacial score (nSPS) is 28.0. The number of carboxylic acids is 1. The number of hydrogen-bond donors (Lipinski definition) is 1. The van der Waals surface area contributed by atoms with E-state index in [1.165, 1.54) is 0 Å². The SMILES string of the molecule is O=C(O)C1CCC1c1ccco1. The lowest BCUT2D eigenvalue weighted by molar-refractivity contribution is -0.145. The fourth-order valence-electron chi connectivity index (χ4n) is 1.64. The summed E-state index contributed by atoms with van der Waals surface area (Å²) >= 11 is 0. The number of furan rings is 1. The van der Waals surface area contributed by atoms with Gasteiger partial charge in [-0.25, -0.2) is 0 Å². The molecule has 12 heavy (non-hydrogen) atoms. The van der Waals surface area contributed by atoms with Gasteiger partial charge in [-0.1, -0.05) is 0 Å². The molecule has 1 fully saturated rings.